The summed E-state index contributed by atoms with van der Waals surface area (Å²) in [5, 5.41) is 15.7. The van der Waals surface area contributed by atoms with E-state index >= 15 is 0 Å². The van der Waals surface area contributed by atoms with Crippen LogP contribution >= 0.6 is 0 Å². The largest absolute Gasteiger partial charge is 0.341 e. The topological polar surface area (TPSA) is 95.1 Å². The van der Waals surface area contributed by atoms with Crippen LogP contribution in [0.3, 0.4) is 0 Å². The highest BCUT2D eigenvalue weighted by atomic mass is 19.1. The van der Waals surface area contributed by atoms with Crippen LogP contribution in [0.15, 0.2) is 22.7 Å². The van der Waals surface area contributed by atoms with Crippen molar-refractivity contribution < 1.29 is 13.7 Å². The van der Waals surface area contributed by atoms with Gasteiger partial charge in [0.2, 0.25) is 5.91 Å². The van der Waals surface area contributed by atoms with E-state index in [9.17, 15) is 9.18 Å². The van der Waals surface area contributed by atoms with Gasteiger partial charge in [-0.3, -0.25) is 9.69 Å². The van der Waals surface area contributed by atoms with E-state index < -0.39 is 5.54 Å². The van der Waals surface area contributed by atoms with E-state index in [1.54, 1.807) is 13.0 Å². The molecule has 1 unspecified atom stereocenters. The van der Waals surface area contributed by atoms with E-state index in [1.165, 1.54) is 19.1 Å². The number of carbonyl (C=O) groups excluding carboxylic acids is 1. The molecule has 1 aliphatic heterocycles. The summed E-state index contributed by atoms with van der Waals surface area (Å²) < 4.78 is 19.3. The summed E-state index contributed by atoms with van der Waals surface area (Å²) >= 11 is 0. The van der Waals surface area contributed by atoms with Crippen LogP contribution in [0.2, 0.25) is 0 Å². The predicted molar refractivity (Wildman–Crippen MR) is 85.5 cm³/mol. The van der Waals surface area contributed by atoms with Crippen molar-refractivity contribution in [2.45, 2.75) is 32.4 Å². The molecule has 8 heteroatoms. The number of nitrogens with zero attached hydrogens (tertiary/aromatic N) is 4. The number of aromatic nitrogens is 2. The number of amides is 1. The van der Waals surface area contributed by atoms with Gasteiger partial charge in [0.1, 0.15) is 11.4 Å². The molecule has 0 spiro atoms. The van der Waals surface area contributed by atoms with E-state index in [1.807, 2.05) is 11.0 Å². The molecule has 1 amide bonds. The highest BCUT2D eigenvalue weighted by molar-refractivity contribution is 5.74. The molecule has 2 heterocycles. The molecule has 1 aromatic carbocycles. The number of likely N-dealkylation sites (tertiary alicyclic amines) is 1. The minimum atomic E-state index is -0.781. The van der Waals surface area contributed by atoms with Crippen LogP contribution < -0.4 is 5.32 Å². The van der Waals surface area contributed by atoms with Crippen molar-refractivity contribution in [1.82, 2.24) is 20.4 Å². The van der Waals surface area contributed by atoms with E-state index in [2.05, 4.69) is 15.5 Å². The first-order valence-corrected chi connectivity index (χ1v) is 7.92. The van der Waals surface area contributed by atoms with E-state index in [0.717, 1.165) is 0 Å². The third-order valence-corrected chi connectivity index (χ3v) is 4.27. The molecule has 2 aromatic rings. The number of nitriles is 1. The number of rotatable bonds is 4. The van der Waals surface area contributed by atoms with Crippen LogP contribution in [0.1, 0.15) is 36.2 Å². The normalized spacial score (nSPS) is 20.4. The molecule has 130 valence electrons. The zero-order valence-corrected chi connectivity index (χ0v) is 14.0. The zero-order valence-electron chi connectivity index (χ0n) is 14.0. The number of aryl methyl sites for hydroxylation is 1. The van der Waals surface area contributed by atoms with Gasteiger partial charge in [-0.25, -0.2) is 4.39 Å². The summed E-state index contributed by atoms with van der Waals surface area (Å²) in [5.41, 5.74) is 0.0757. The van der Waals surface area contributed by atoms with Crippen LogP contribution in [-0.4, -0.2) is 34.0 Å². The highest BCUT2D eigenvalue weighted by Crippen LogP contribution is 2.32. The quantitative estimate of drug-likeness (QED) is 0.906. The molecule has 0 aliphatic carbocycles. The Hall–Kier alpha value is -2.79. The van der Waals surface area contributed by atoms with Crippen LogP contribution in [0.4, 0.5) is 4.39 Å². The van der Waals surface area contributed by atoms with Gasteiger partial charge in [-0.1, -0.05) is 5.16 Å². The summed E-state index contributed by atoms with van der Waals surface area (Å²) in [6.45, 7) is 4.52. The molecule has 25 heavy (non-hydrogen) atoms. The van der Waals surface area contributed by atoms with Gasteiger partial charge in [0, 0.05) is 32.1 Å². The fourth-order valence-electron chi connectivity index (χ4n) is 3.19. The minimum Gasteiger partial charge on any atom is -0.341 e. The molecular weight excluding hydrogens is 325 g/mol. The van der Waals surface area contributed by atoms with Crippen LogP contribution in [0.25, 0.3) is 0 Å². The predicted octanol–water partition coefficient (Wildman–Crippen LogP) is 1.63. The number of carbonyl (C=O) groups is 1. The monoisotopic (exact) mass is 343 g/mol. The molecule has 3 rings (SSSR count). The highest BCUT2D eigenvalue weighted by Gasteiger charge is 2.45. The van der Waals surface area contributed by atoms with Crippen LogP contribution in [0.5, 0.6) is 0 Å². The Balaban J connectivity index is 1.83. The molecule has 1 saturated heterocycles. The van der Waals surface area contributed by atoms with Crippen molar-refractivity contribution in [1.29, 1.82) is 5.26 Å². The summed E-state index contributed by atoms with van der Waals surface area (Å²) in [6, 6.07) is 6.31. The molecule has 1 fully saturated rings. The van der Waals surface area contributed by atoms with Crippen molar-refractivity contribution in [2.75, 3.05) is 13.1 Å². The fraction of sp³-hybridized carbons (Fsp3) is 0.412. The fourth-order valence-corrected chi connectivity index (χ4v) is 3.19. The first-order valence-electron chi connectivity index (χ1n) is 7.92. The Morgan fingerprint density at radius 1 is 1.56 bits per heavy atom. The Morgan fingerprint density at radius 2 is 2.36 bits per heavy atom. The Bertz CT molecular complexity index is 844. The van der Waals surface area contributed by atoms with Crippen molar-refractivity contribution in [3.8, 4) is 6.07 Å². The van der Waals surface area contributed by atoms with Crippen LogP contribution in [0, 0.1) is 24.1 Å². The van der Waals surface area contributed by atoms with Crippen molar-refractivity contribution in [3.63, 3.8) is 0 Å². The average molecular weight is 343 g/mol. The Morgan fingerprint density at radius 3 is 3.00 bits per heavy atom. The second kappa shape index (κ2) is 6.61. The van der Waals surface area contributed by atoms with E-state index in [4.69, 9.17) is 9.78 Å². The van der Waals surface area contributed by atoms with Gasteiger partial charge in [-0.2, -0.15) is 10.2 Å². The second-order valence-corrected chi connectivity index (χ2v) is 6.29. The number of nitrogens with one attached hydrogen (secondary N) is 1. The molecular formula is C17H18FN5O2. The van der Waals surface area contributed by atoms with Crippen molar-refractivity contribution in [3.05, 3.63) is 46.9 Å². The molecule has 1 N–H and O–H groups in total. The lowest BCUT2D eigenvalue weighted by atomic mass is 9.98. The molecule has 1 aliphatic rings. The summed E-state index contributed by atoms with van der Waals surface area (Å²) in [7, 11) is 0. The number of hydrogen-bond donors (Lipinski definition) is 1. The van der Waals surface area contributed by atoms with Gasteiger partial charge in [-0.15, -0.1) is 0 Å². The third kappa shape index (κ3) is 3.51. The summed E-state index contributed by atoms with van der Waals surface area (Å²) in [5.74, 6) is 0.292. The Kier molecular flexibility index (Phi) is 4.51. The molecule has 0 radical (unpaired) electrons. The molecule has 1 atom stereocenters. The molecule has 7 nitrogen and oxygen atoms in total. The maximum atomic E-state index is 14.0. The molecule has 0 saturated carbocycles. The van der Waals surface area contributed by atoms with Gasteiger partial charge in [-0.05, 0) is 31.5 Å². The number of hydrogen-bond acceptors (Lipinski definition) is 6. The number of halogens is 1. The lowest BCUT2D eigenvalue weighted by Crippen LogP contribution is -2.47. The average Bonchev–Trinajstić information content (AvgIpc) is 3.16. The second-order valence-electron chi connectivity index (χ2n) is 6.29. The first-order chi connectivity index (χ1) is 11.9. The molecule has 0 bridgehead atoms. The van der Waals surface area contributed by atoms with Gasteiger partial charge < -0.3 is 9.84 Å². The van der Waals surface area contributed by atoms with Gasteiger partial charge in [0.05, 0.1) is 11.6 Å². The maximum absolute atomic E-state index is 14.0. The van der Waals surface area contributed by atoms with Crippen molar-refractivity contribution >= 4 is 5.91 Å². The SMILES string of the molecule is CC(=O)NC1(c2nc(C)no2)CCN(Cc2cc(C#N)ccc2F)C1. The molecule has 1 aromatic heterocycles. The van der Waals surface area contributed by atoms with Gasteiger partial charge >= 0.3 is 0 Å². The smallest absolute Gasteiger partial charge is 0.253 e. The maximum Gasteiger partial charge on any atom is 0.253 e. The first kappa shape index (κ1) is 17.0. The summed E-state index contributed by atoms with van der Waals surface area (Å²) in [6.07, 6.45) is 0.577. The zero-order chi connectivity index (χ0) is 18.0. The van der Waals surface area contributed by atoms with Gasteiger partial charge in [0.25, 0.3) is 5.89 Å². The third-order valence-electron chi connectivity index (χ3n) is 4.27. The van der Waals surface area contributed by atoms with E-state index in [0.29, 0.717) is 48.9 Å². The number of benzene rings is 1. The standard InChI is InChI=1S/C17H18FN5O2/c1-11-20-16(25-22-11)17(21-12(2)24)5-6-23(10-17)9-14-7-13(8-19)3-4-15(14)18/h3-4,7H,5-6,9-10H2,1-2H3,(H,21,24). The minimum absolute atomic E-state index is 0.199. The Labute approximate surface area is 144 Å². The van der Waals surface area contributed by atoms with E-state index in [-0.39, 0.29) is 11.7 Å². The summed E-state index contributed by atoms with van der Waals surface area (Å²) in [4.78, 5) is 17.9. The van der Waals surface area contributed by atoms with Crippen LogP contribution in [-0.2, 0) is 16.9 Å². The lowest BCUT2D eigenvalue weighted by Gasteiger charge is -2.26. The van der Waals surface area contributed by atoms with Gasteiger partial charge in [0.15, 0.2) is 5.82 Å². The van der Waals surface area contributed by atoms with Crippen molar-refractivity contribution in [2.24, 2.45) is 0 Å². The lowest BCUT2D eigenvalue weighted by molar-refractivity contribution is -0.121.